The standard InChI is InChI=1S/C17H33N5O2.HI/c1-18-17(19-13-14-5-4-6-15(14)23)22-11-9-21(10-12-22)8-7-16(24)20(2)3;/h14-15,23H,4-13H2,1-3H3,(H,18,19);1H. The number of halogens is 1. The number of guanidine groups is 1. The lowest BCUT2D eigenvalue weighted by molar-refractivity contribution is -0.129. The molecule has 1 saturated carbocycles. The zero-order chi connectivity index (χ0) is 17.5. The predicted octanol–water partition coefficient (Wildman–Crippen LogP) is 0.437. The molecular formula is C17H34IN5O2. The van der Waals surface area contributed by atoms with Gasteiger partial charge in [0.25, 0.3) is 0 Å². The van der Waals surface area contributed by atoms with Crippen molar-refractivity contribution in [2.24, 2.45) is 10.9 Å². The van der Waals surface area contributed by atoms with Gasteiger partial charge in [0.05, 0.1) is 6.10 Å². The first-order valence-electron chi connectivity index (χ1n) is 9.07. The van der Waals surface area contributed by atoms with Gasteiger partial charge in [0.15, 0.2) is 5.96 Å². The fraction of sp³-hybridized carbons (Fsp3) is 0.882. The molecule has 146 valence electrons. The van der Waals surface area contributed by atoms with E-state index in [1.54, 1.807) is 19.0 Å². The van der Waals surface area contributed by atoms with Crippen LogP contribution in [-0.4, -0.2) is 98.2 Å². The molecule has 2 N–H and O–H groups in total. The van der Waals surface area contributed by atoms with E-state index in [1.807, 2.05) is 7.05 Å². The number of carbonyl (C=O) groups is 1. The van der Waals surface area contributed by atoms with E-state index in [9.17, 15) is 9.90 Å². The minimum atomic E-state index is -0.165. The summed E-state index contributed by atoms with van der Waals surface area (Å²) in [6.45, 7) is 5.36. The summed E-state index contributed by atoms with van der Waals surface area (Å²) < 4.78 is 0. The number of rotatable bonds is 5. The van der Waals surface area contributed by atoms with Crippen molar-refractivity contribution in [3.63, 3.8) is 0 Å². The van der Waals surface area contributed by atoms with Crippen molar-refractivity contribution in [2.45, 2.75) is 31.8 Å². The molecule has 0 spiro atoms. The third kappa shape index (κ3) is 6.90. The van der Waals surface area contributed by atoms with Crippen molar-refractivity contribution in [3.05, 3.63) is 0 Å². The first-order chi connectivity index (χ1) is 11.5. The fourth-order valence-electron chi connectivity index (χ4n) is 3.47. The van der Waals surface area contributed by atoms with Gasteiger partial charge in [-0.25, -0.2) is 0 Å². The second-order valence-electron chi connectivity index (χ2n) is 7.05. The van der Waals surface area contributed by atoms with Crippen LogP contribution >= 0.6 is 24.0 Å². The number of nitrogens with one attached hydrogen (secondary N) is 1. The Labute approximate surface area is 168 Å². The monoisotopic (exact) mass is 467 g/mol. The van der Waals surface area contributed by atoms with E-state index in [0.29, 0.717) is 12.3 Å². The zero-order valence-corrected chi connectivity index (χ0v) is 18.1. The minimum Gasteiger partial charge on any atom is -0.393 e. The summed E-state index contributed by atoms with van der Waals surface area (Å²) in [6.07, 6.45) is 3.56. The van der Waals surface area contributed by atoms with Crippen LogP contribution in [0.2, 0.25) is 0 Å². The Morgan fingerprint density at radius 1 is 1.24 bits per heavy atom. The van der Waals surface area contributed by atoms with Gasteiger partial charge in [0, 0.05) is 72.8 Å². The number of amides is 1. The average Bonchev–Trinajstić information content (AvgIpc) is 2.99. The molecule has 2 rings (SSSR count). The number of hydrogen-bond acceptors (Lipinski definition) is 4. The molecule has 2 atom stereocenters. The van der Waals surface area contributed by atoms with Crippen LogP contribution in [0, 0.1) is 5.92 Å². The highest BCUT2D eigenvalue weighted by molar-refractivity contribution is 14.0. The third-order valence-corrected chi connectivity index (χ3v) is 5.17. The normalized spacial score (nSPS) is 24.8. The van der Waals surface area contributed by atoms with Crippen molar-refractivity contribution in [1.29, 1.82) is 0 Å². The van der Waals surface area contributed by atoms with Crippen molar-refractivity contribution >= 4 is 35.8 Å². The van der Waals surface area contributed by atoms with Gasteiger partial charge in [-0.1, -0.05) is 6.42 Å². The Kier molecular flexibility index (Phi) is 10.0. The number of hydrogen-bond donors (Lipinski definition) is 2. The smallest absolute Gasteiger partial charge is 0.223 e. The maximum atomic E-state index is 11.7. The van der Waals surface area contributed by atoms with Crippen LogP contribution in [-0.2, 0) is 4.79 Å². The highest BCUT2D eigenvalue weighted by Gasteiger charge is 2.26. The molecule has 0 bridgehead atoms. The topological polar surface area (TPSA) is 71.4 Å². The van der Waals surface area contributed by atoms with Crippen molar-refractivity contribution in [3.8, 4) is 0 Å². The van der Waals surface area contributed by atoms with E-state index < -0.39 is 0 Å². The van der Waals surface area contributed by atoms with Crippen molar-refractivity contribution < 1.29 is 9.90 Å². The van der Waals surface area contributed by atoms with E-state index in [0.717, 1.165) is 64.5 Å². The van der Waals surface area contributed by atoms with Gasteiger partial charge < -0.3 is 20.2 Å². The summed E-state index contributed by atoms with van der Waals surface area (Å²) >= 11 is 0. The molecule has 1 aliphatic carbocycles. The number of carbonyl (C=O) groups excluding carboxylic acids is 1. The van der Waals surface area contributed by atoms with Crippen LogP contribution < -0.4 is 5.32 Å². The highest BCUT2D eigenvalue weighted by Crippen LogP contribution is 2.24. The molecule has 0 aromatic rings. The average molecular weight is 467 g/mol. The molecule has 1 heterocycles. The number of aliphatic hydroxyl groups excluding tert-OH is 1. The summed E-state index contributed by atoms with van der Waals surface area (Å²) in [7, 11) is 5.42. The SMILES string of the molecule is CN=C(NCC1CCCC1O)N1CCN(CCC(=O)N(C)C)CC1.I. The molecular weight excluding hydrogens is 433 g/mol. The predicted molar refractivity (Wildman–Crippen MR) is 111 cm³/mol. The Balaban J connectivity index is 0.00000312. The second-order valence-corrected chi connectivity index (χ2v) is 7.05. The van der Waals surface area contributed by atoms with Gasteiger partial charge in [0.2, 0.25) is 5.91 Å². The van der Waals surface area contributed by atoms with E-state index in [4.69, 9.17) is 0 Å². The van der Waals surface area contributed by atoms with Gasteiger partial charge in [0.1, 0.15) is 0 Å². The summed E-state index contributed by atoms with van der Waals surface area (Å²) in [6, 6.07) is 0. The summed E-state index contributed by atoms with van der Waals surface area (Å²) in [5, 5.41) is 13.4. The first-order valence-corrected chi connectivity index (χ1v) is 9.07. The summed E-state index contributed by atoms with van der Waals surface area (Å²) in [5.74, 6) is 1.46. The number of nitrogens with zero attached hydrogens (tertiary/aromatic N) is 4. The molecule has 25 heavy (non-hydrogen) atoms. The van der Waals surface area contributed by atoms with Gasteiger partial charge >= 0.3 is 0 Å². The molecule has 0 radical (unpaired) electrons. The third-order valence-electron chi connectivity index (χ3n) is 5.17. The van der Waals surface area contributed by atoms with E-state index in [-0.39, 0.29) is 36.0 Å². The van der Waals surface area contributed by atoms with Gasteiger partial charge in [-0.15, -0.1) is 24.0 Å². The molecule has 1 aliphatic heterocycles. The Morgan fingerprint density at radius 3 is 2.44 bits per heavy atom. The van der Waals surface area contributed by atoms with Gasteiger partial charge in [-0.3, -0.25) is 14.7 Å². The molecule has 2 aliphatic rings. The lowest BCUT2D eigenvalue weighted by atomic mass is 10.1. The molecule has 2 fully saturated rings. The van der Waals surface area contributed by atoms with Crippen LogP contribution in [0.4, 0.5) is 0 Å². The van der Waals surface area contributed by atoms with E-state index in [2.05, 4.69) is 20.1 Å². The Bertz CT molecular complexity index is 439. The Morgan fingerprint density at radius 2 is 1.92 bits per heavy atom. The highest BCUT2D eigenvalue weighted by atomic mass is 127. The molecule has 2 unspecified atom stereocenters. The minimum absolute atomic E-state index is 0. The second kappa shape index (κ2) is 11.2. The van der Waals surface area contributed by atoms with Crippen LogP contribution in [0.3, 0.4) is 0 Å². The van der Waals surface area contributed by atoms with Crippen molar-refractivity contribution in [1.82, 2.24) is 20.0 Å². The zero-order valence-electron chi connectivity index (χ0n) is 15.8. The molecule has 8 heteroatoms. The first kappa shape index (κ1) is 22.4. The molecule has 0 aromatic carbocycles. The summed E-state index contributed by atoms with van der Waals surface area (Å²) in [5.41, 5.74) is 0. The Hall–Kier alpha value is -0.610. The molecule has 0 aromatic heterocycles. The molecule has 1 saturated heterocycles. The van der Waals surface area contributed by atoms with Crippen LogP contribution in [0.5, 0.6) is 0 Å². The quantitative estimate of drug-likeness (QED) is 0.349. The number of aliphatic hydroxyl groups is 1. The van der Waals surface area contributed by atoms with Crippen LogP contribution in [0.15, 0.2) is 4.99 Å². The molecule has 1 amide bonds. The number of piperazine rings is 1. The van der Waals surface area contributed by atoms with Crippen LogP contribution in [0.1, 0.15) is 25.7 Å². The van der Waals surface area contributed by atoms with Crippen LogP contribution in [0.25, 0.3) is 0 Å². The maximum Gasteiger partial charge on any atom is 0.223 e. The van der Waals surface area contributed by atoms with Gasteiger partial charge in [-0.2, -0.15) is 0 Å². The molecule has 7 nitrogen and oxygen atoms in total. The van der Waals surface area contributed by atoms with Crippen molar-refractivity contribution in [2.75, 3.05) is 60.4 Å². The maximum absolute atomic E-state index is 11.7. The summed E-state index contributed by atoms with van der Waals surface area (Å²) in [4.78, 5) is 22.3. The van der Waals surface area contributed by atoms with E-state index >= 15 is 0 Å². The van der Waals surface area contributed by atoms with Gasteiger partial charge in [-0.05, 0) is 12.8 Å². The number of aliphatic imine (C=N–C) groups is 1. The largest absolute Gasteiger partial charge is 0.393 e. The lowest BCUT2D eigenvalue weighted by Gasteiger charge is -2.36. The fourth-order valence-corrected chi connectivity index (χ4v) is 3.47. The van der Waals surface area contributed by atoms with E-state index in [1.165, 1.54) is 0 Å². The lowest BCUT2D eigenvalue weighted by Crippen LogP contribution is -2.53.